The zero-order valence-electron chi connectivity index (χ0n) is 13.8. The Morgan fingerprint density at radius 3 is 2.64 bits per heavy atom. The number of aromatic hydroxyl groups is 2. The van der Waals surface area contributed by atoms with E-state index in [1.807, 2.05) is 12.2 Å². The highest BCUT2D eigenvalue weighted by Gasteiger charge is 2.39. The molecule has 6 nitrogen and oxygen atoms in total. The van der Waals surface area contributed by atoms with Crippen molar-refractivity contribution in [1.82, 2.24) is 0 Å². The highest BCUT2D eigenvalue weighted by Crippen LogP contribution is 2.38. The SMILES string of the molecule is C[C@@H]1C[C@@H]2O[C@H]2CC=CC[C@@H](O)Cc2c(Cl)c(O)cc(O)c2C(=O)O1. The number of fused-ring (bicyclic) bond motifs is 2. The maximum absolute atomic E-state index is 12.5. The van der Waals surface area contributed by atoms with E-state index < -0.39 is 23.9 Å². The maximum Gasteiger partial charge on any atom is 0.342 e. The van der Waals surface area contributed by atoms with Crippen LogP contribution in [0.4, 0.5) is 0 Å². The topological polar surface area (TPSA) is 99.5 Å². The molecule has 7 heteroatoms. The van der Waals surface area contributed by atoms with Crippen LogP contribution in [0.2, 0.25) is 5.02 Å². The number of rotatable bonds is 0. The fourth-order valence-corrected chi connectivity index (χ4v) is 3.34. The van der Waals surface area contributed by atoms with Crippen LogP contribution >= 0.6 is 11.6 Å². The standard InChI is InChI=1S/C18H21ClO6/c1-9-6-15-14(25-15)5-3-2-4-10(20)7-11-16(18(23)24-9)12(21)8-13(22)17(11)19/h2-3,8-10,14-15,20-22H,4-7H2,1H3/t9-,10-,14+,15+/m1/s1. The second-order valence-electron chi connectivity index (χ2n) is 6.55. The second-order valence-corrected chi connectivity index (χ2v) is 6.93. The number of esters is 1. The number of hydrogen-bond acceptors (Lipinski definition) is 6. The van der Waals surface area contributed by atoms with Crippen LogP contribution in [-0.2, 0) is 15.9 Å². The summed E-state index contributed by atoms with van der Waals surface area (Å²) in [6.07, 6.45) is 4.41. The molecule has 4 atom stereocenters. The normalized spacial score (nSPS) is 30.0. The molecule has 136 valence electrons. The molecule has 1 aromatic carbocycles. The Balaban J connectivity index is 1.95. The summed E-state index contributed by atoms with van der Waals surface area (Å²) in [4.78, 5) is 12.5. The van der Waals surface area contributed by atoms with E-state index >= 15 is 0 Å². The van der Waals surface area contributed by atoms with Crippen molar-refractivity contribution in [3.63, 3.8) is 0 Å². The Labute approximate surface area is 150 Å². The molecule has 0 amide bonds. The van der Waals surface area contributed by atoms with Crippen molar-refractivity contribution in [2.24, 2.45) is 0 Å². The number of ether oxygens (including phenoxy) is 2. The summed E-state index contributed by atoms with van der Waals surface area (Å²) in [5.74, 6) is -1.51. The fraction of sp³-hybridized carbons (Fsp3) is 0.500. The van der Waals surface area contributed by atoms with E-state index in [9.17, 15) is 20.1 Å². The van der Waals surface area contributed by atoms with Gasteiger partial charge in [0.2, 0.25) is 0 Å². The van der Waals surface area contributed by atoms with Crippen LogP contribution in [0, 0.1) is 0 Å². The van der Waals surface area contributed by atoms with Gasteiger partial charge in [0.05, 0.1) is 23.3 Å². The van der Waals surface area contributed by atoms with E-state index in [1.54, 1.807) is 6.92 Å². The quantitative estimate of drug-likeness (QED) is 0.370. The van der Waals surface area contributed by atoms with Gasteiger partial charge in [-0.1, -0.05) is 23.8 Å². The van der Waals surface area contributed by atoms with Crippen LogP contribution in [0.15, 0.2) is 18.2 Å². The molecule has 1 aromatic rings. The van der Waals surface area contributed by atoms with Gasteiger partial charge in [0.25, 0.3) is 0 Å². The minimum Gasteiger partial charge on any atom is -0.507 e. The fourth-order valence-electron chi connectivity index (χ4n) is 3.12. The Morgan fingerprint density at radius 1 is 1.16 bits per heavy atom. The summed E-state index contributed by atoms with van der Waals surface area (Å²) >= 11 is 6.11. The number of epoxide rings is 1. The molecule has 1 saturated heterocycles. The third kappa shape index (κ3) is 4.08. The molecule has 0 aromatic heterocycles. The predicted molar refractivity (Wildman–Crippen MR) is 91.0 cm³/mol. The number of carbonyl (C=O) groups excluding carboxylic acids is 1. The van der Waals surface area contributed by atoms with Crippen LogP contribution in [0.3, 0.4) is 0 Å². The summed E-state index contributed by atoms with van der Waals surface area (Å²) in [6, 6.07) is 1.00. The lowest BCUT2D eigenvalue weighted by molar-refractivity contribution is 0.0305. The van der Waals surface area contributed by atoms with Crippen LogP contribution < -0.4 is 0 Å². The van der Waals surface area contributed by atoms with Crippen LogP contribution in [0.25, 0.3) is 0 Å². The number of phenols is 2. The molecule has 0 saturated carbocycles. The highest BCUT2D eigenvalue weighted by atomic mass is 35.5. The minimum atomic E-state index is -0.821. The molecule has 2 heterocycles. The van der Waals surface area contributed by atoms with Gasteiger partial charge in [-0.3, -0.25) is 0 Å². The van der Waals surface area contributed by atoms with Gasteiger partial charge in [-0.25, -0.2) is 4.79 Å². The number of aliphatic hydroxyl groups is 1. The molecule has 1 fully saturated rings. The van der Waals surface area contributed by atoms with Gasteiger partial charge < -0.3 is 24.8 Å². The smallest absolute Gasteiger partial charge is 0.342 e. The average molecular weight is 369 g/mol. The summed E-state index contributed by atoms with van der Waals surface area (Å²) < 4.78 is 11.0. The maximum atomic E-state index is 12.5. The predicted octanol–water partition coefficient (Wildman–Crippen LogP) is 2.71. The molecule has 25 heavy (non-hydrogen) atoms. The third-order valence-electron chi connectivity index (χ3n) is 4.47. The molecule has 0 bridgehead atoms. The van der Waals surface area contributed by atoms with E-state index in [4.69, 9.17) is 21.1 Å². The number of benzene rings is 1. The molecule has 2 aliphatic heterocycles. The van der Waals surface area contributed by atoms with Gasteiger partial charge in [0.1, 0.15) is 23.2 Å². The van der Waals surface area contributed by atoms with Gasteiger partial charge in [-0.2, -0.15) is 0 Å². The van der Waals surface area contributed by atoms with Gasteiger partial charge in [0.15, 0.2) is 0 Å². The first-order valence-corrected chi connectivity index (χ1v) is 8.67. The summed E-state index contributed by atoms with van der Waals surface area (Å²) in [7, 11) is 0. The van der Waals surface area contributed by atoms with Gasteiger partial charge >= 0.3 is 5.97 Å². The van der Waals surface area contributed by atoms with Crippen molar-refractivity contribution in [3.8, 4) is 11.5 Å². The summed E-state index contributed by atoms with van der Waals surface area (Å²) in [5, 5.41) is 30.1. The zero-order valence-corrected chi connectivity index (χ0v) is 14.6. The Hall–Kier alpha value is -1.76. The Morgan fingerprint density at radius 2 is 1.88 bits per heavy atom. The molecule has 0 unspecified atom stereocenters. The van der Waals surface area contributed by atoms with Gasteiger partial charge in [0, 0.05) is 18.9 Å². The van der Waals surface area contributed by atoms with Crippen LogP contribution in [-0.4, -0.2) is 45.7 Å². The van der Waals surface area contributed by atoms with Crippen molar-refractivity contribution < 1.29 is 29.6 Å². The summed E-state index contributed by atoms with van der Waals surface area (Å²) in [5.41, 5.74) is 0.0536. The minimum absolute atomic E-state index is 0.00645. The average Bonchev–Trinajstić information content (AvgIpc) is 3.25. The Bertz CT molecular complexity index is 701. The van der Waals surface area contributed by atoms with Crippen LogP contribution in [0.1, 0.15) is 42.1 Å². The molecule has 3 rings (SSSR count). The van der Waals surface area contributed by atoms with Crippen LogP contribution in [0.5, 0.6) is 11.5 Å². The highest BCUT2D eigenvalue weighted by molar-refractivity contribution is 6.33. The van der Waals surface area contributed by atoms with Crippen molar-refractivity contribution in [1.29, 1.82) is 0 Å². The van der Waals surface area contributed by atoms with Crippen molar-refractivity contribution in [2.75, 3.05) is 0 Å². The lowest BCUT2D eigenvalue weighted by atomic mass is 9.98. The van der Waals surface area contributed by atoms with Crippen molar-refractivity contribution >= 4 is 17.6 Å². The van der Waals surface area contributed by atoms with Crippen molar-refractivity contribution in [3.05, 3.63) is 34.4 Å². The first kappa shape index (κ1) is 18.0. The molecule has 0 radical (unpaired) electrons. The van der Waals surface area contributed by atoms with E-state index in [-0.39, 0.29) is 40.5 Å². The number of aliphatic hydroxyl groups excluding tert-OH is 1. The van der Waals surface area contributed by atoms with Gasteiger partial charge in [-0.15, -0.1) is 0 Å². The number of cyclic esters (lactones) is 1. The number of halogens is 1. The summed E-state index contributed by atoms with van der Waals surface area (Å²) in [6.45, 7) is 1.76. The van der Waals surface area contributed by atoms with E-state index in [1.165, 1.54) is 0 Å². The van der Waals surface area contributed by atoms with E-state index in [0.29, 0.717) is 12.8 Å². The molecular weight excluding hydrogens is 348 g/mol. The molecule has 2 aliphatic rings. The van der Waals surface area contributed by atoms with E-state index in [0.717, 1.165) is 12.5 Å². The largest absolute Gasteiger partial charge is 0.507 e. The first-order chi connectivity index (χ1) is 11.9. The first-order valence-electron chi connectivity index (χ1n) is 8.29. The Kier molecular flexibility index (Phi) is 5.22. The lowest BCUT2D eigenvalue weighted by Gasteiger charge is -2.18. The molecular formula is C18H21ClO6. The second kappa shape index (κ2) is 7.23. The molecule has 0 aliphatic carbocycles. The van der Waals surface area contributed by atoms with Crippen molar-refractivity contribution in [2.45, 2.75) is 57.0 Å². The monoisotopic (exact) mass is 368 g/mol. The lowest BCUT2D eigenvalue weighted by Crippen LogP contribution is -2.20. The van der Waals surface area contributed by atoms with E-state index in [2.05, 4.69) is 0 Å². The zero-order chi connectivity index (χ0) is 18.1. The number of hydrogen-bond donors (Lipinski definition) is 3. The molecule has 3 N–H and O–H groups in total. The number of phenolic OH excluding ortho intramolecular Hbond substituents is 2. The third-order valence-corrected chi connectivity index (χ3v) is 4.89. The molecule has 0 spiro atoms. The van der Waals surface area contributed by atoms with Gasteiger partial charge in [-0.05, 0) is 25.3 Å². The number of carbonyl (C=O) groups is 1.